The largest absolute Gasteiger partial charge is 0.445 e. The third kappa shape index (κ3) is 3.22. The Labute approximate surface area is 83.4 Å². The summed E-state index contributed by atoms with van der Waals surface area (Å²) in [6.07, 6.45) is -3.44. The summed E-state index contributed by atoms with van der Waals surface area (Å²) < 4.78 is 36.2. The minimum absolute atomic E-state index is 0.349. The van der Waals surface area contributed by atoms with E-state index in [1.54, 1.807) is 0 Å². The van der Waals surface area contributed by atoms with Crippen LogP contribution in [0, 0.1) is 0 Å². The first-order valence-corrected chi connectivity index (χ1v) is 4.96. The maximum Gasteiger partial charge on any atom is 0.445 e. The van der Waals surface area contributed by atoms with E-state index >= 15 is 0 Å². The van der Waals surface area contributed by atoms with Crippen LogP contribution in [-0.2, 0) is 12.7 Å². The summed E-state index contributed by atoms with van der Waals surface area (Å²) in [4.78, 5) is 0. The molecule has 0 aliphatic rings. The molecule has 0 radical (unpaired) electrons. The Morgan fingerprint density at radius 2 is 2.07 bits per heavy atom. The fourth-order valence-electron chi connectivity index (χ4n) is 0.812. The zero-order valence-electron chi connectivity index (χ0n) is 7.56. The van der Waals surface area contributed by atoms with Gasteiger partial charge in [-0.1, -0.05) is 18.3 Å². The smallest absolute Gasteiger partial charge is 0.310 e. The summed E-state index contributed by atoms with van der Waals surface area (Å²) in [5.41, 5.74) is 0. The lowest BCUT2D eigenvalue weighted by atomic mass is 10.5. The van der Waals surface area contributed by atoms with Crippen LogP contribution >= 0.6 is 11.3 Å². The first kappa shape index (κ1) is 11.4. The van der Waals surface area contributed by atoms with Crippen LogP contribution in [0.3, 0.4) is 0 Å². The summed E-state index contributed by atoms with van der Waals surface area (Å²) in [5, 5.41) is 8.95. The Kier molecular flexibility index (Phi) is 3.82. The van der Waals surface area contributed by atoms with Gasteiger partial charge in [0.2, 0.25) is 5.01 Å². The second kappa shape index (κ2) is 4.70. The standard InChI is InChI=1S/C7H10F3N3S/c1-2-3-11-4-5-12-13-6(14-5)7(8,9)10/h11H,2-4H2,1H3. The number of hydrogen-bond donors (Lipinski definition) is 1. The van der Waals surface area contributed by atoms with Crippen molar-refractivity contribution in [3.8, 4) is 0 Å². The quantitative estimate of drug-likeness (QED) is 0.797. The van der Waals surface area contributed by atoms with Gasteiger partial charge in [-0.05, 0) is 13.0 Å². The lowest BCUT2D eigenvalue weighted by Gasteiger charge is -1.98. The highest BCUT2D eigenvalue weighted by Gasteiger charge is 2.35. The lowest BCUT2D eigenvalue weighted by Crippen LogP contribution is -2.13. The second-order valence-electron chi connectivity index (χ2n) is 2.68. The average molecular weight is 225 g/mol. The highest BCUT2D eigenvalue weighted by atomic mass is 32.1. The molecule has 0 fully saturated rings. The third-order valence-corrected chi connectivity index (χ3v) is 2.38. The van der Waals surface area contributed by atoms with Crippen LogP contribution in [0.15, 0.2) is 0 Å². The molecule has 0 spiro atoms. The van der Waals surface area contributed by atoms with Gasteiger partial charge in [-0.2, -0.15) is 13.2 Å². The van der Waals surface area contributed by atoms with Gasteiger partial charge < -0.3 is 5.32 Å². The van der Waals surface area contributed by atoms with Crippen LogP contribution in [0.4, 0.5) is 13.2 Å². The molecule has 0 atom stereocenters. The molecular weight excluding hydrogens is 215 g/mol. The molecule has 7 heteroatoms. The SMILES string of the molecule is CCCNCc1nnc(C(F)(F)F)s1. The van der Waals surface area contributed by atoms with Crippen LogP contribution in [0.5, 0.6) is 0 Å². The number of alkyl halides is 3. The number of hydrogen-bond acceptors (Lipinski definition) is 4. The van der Waals surface area contributed by atoms with Crippen LogP contribution in [0.25, 0.3) is 0 Å². The summed E-state index contributed by atoms with van der Waals surface area (Å²) >= 11 is 0.581. The topological polar surface area (TPSA) is 37.8 Å². The van der Waals surface area contributed by atoms with Crippen LogP contribution < -0.4 is 5.32 Å². The van der Waals surface area contributed by atoms with E-state index in [1.807, 2.05) is 6.92 Å². The van der Waals surface area contributed by atoms with E-state index in [4.69, 9.17) is 0 Å². The van der Waals surface area contributed by atoms with Gasteiger partial charge in [0.1, 0.15) is 5.01 Å². The minimum Gasteiger partial charge on any atom is -0.310 e. The molecule has 14 heavy (non-hydrogen) atoms. The normalized spacial score (nSPS) is 12.0. The number of halogens is 3. The Morgan fingerprint density at radius 1 is 1.36 bits per heavy atom. The van der Waals surface area contributed by atoms with E-state index in [0.29, 0.717) is 22.9 Å². The highest BCUT2D eigenvalue weighted by molar-refractivity contribution is 7.11. The van der Waals surface area contributed by atoms with Gasteiger partial charge in [-0.3, -0.25) is 0 Å². The van der Waals surface area contributed by atoms with Gasteiger partial charge in [0.15, 0.2) is 0 Å². The molecule has 0 unspecified atom stereocenters. The minimum atomic E-state index is -4.37. The average Bonchev–Trinajstić information content (AvgIpc) is 2.52. The van der Waals surface area contributed by atoms with Crippen molar-refractivity contribution >= 4 is 11.3 Å². The summed E-state index contributed by atoms with van der Waals surface area (Å²) in [5.74, 6) is 0. The Bertz CT molecular complexity index is 284. The molecule has 0 aliphatic carbocycles. The fourth-order valence-corrected chi connectivity index (χ4v) is 1.49. The van der Waals surface area contributed by atoms with Crippen molar-refractivity contribution in [2.75, 3.05) is 6.54 Å². The van der Waals surface area contributed by atoms with Crippen molar-refractivity contribution in [3.05, 3.63) is 10.0 Å². The van der Waals surface area contributed by atoms with Gasteiger partial charge in [-0.25, -0.2) is 0 Å². The fraction of sp³-hybridized carbons (Fsp3) is 0.714. The number of aromatic nitrogens is 2. The molecule has 1 aromatic heterocycles. The molecule has 1 aromatic rings. The van der Waals surface area contributed by atoms with Gasteiger partial charge in [0, 0.05) is 6.54 Å². The van der Waals surface area contributed by atoms with Crippen molar-refractivity contribution in [2.24, 2.45) is 0 Å². The molecule has 0 bridgehead atoms. The van der Waals surface area contributed by atoms with E-state index in [9.17, 15) is 13.2 Å². The third-order valence-electron chi connectivity index (χ3n) is 1.41. The maximum atomic E-state index is 12.1. The molecule has 0 amide bonds. The second-order valence-corrected chi connectivity index (χ2v) is 3.74. The molecule has 0 saturated carbocycles. The summed E-state index contributed by atoms with van der Waals surface area (Å²) in [7, 11) is 0. The van der Waals surface area contributed by atoms with Gasteiger partial charge in [0.25, 0.3) is 0 Å². The molecule has 1 rings (SSSR count). The van der Waals surface area contributed by atoms with E-state index < -0.39 is 11.2 Å². The zero-order valence-corrected chi connectivity index (χ0v) is 8.37. The molecule has 0 aliphatic heterocycles. The van der Waals surface area contributed by atoms with Crippen LogP contribution in [0.2, 0.25) is 0 Å². The van der Waals surface area contributed by atoms with Gasteiger partial charge in [-0.15, -0.1) is 10.2 Å². The summed E-state index contributed by atoms with van der Waals surface area (Å²) in [6.45, 7) is 3.09. The van der Waals surface area contributed by atoms with Crippen LogP contribution in [0.1, 0.15) is 23.4 Å². The highest BCUT2D eigenvalue weighted by Crippen LogP contribution is 2.31. The Hall–Kier alpha value is -0.690. The predicted octanol–water partition coefficient (Wildman–Crippen LogP) is 2.06. The molecule has 3 nitrogen and oxygen atoms in total. The molecule has 1 heterocycles. The van der Waals surface area contributed by atoms with Crippen molar-refractivity contribution in [1.82, 2.24) is 15.5 Å². The molecule has 1 N–H and O–H groups in total. The van der Waals surface area contributed by atoms with Gasteiger partial charge in [0.05, 0.1) is 0 Å². The molecule has 0 saturated heterocycles. The van der Waals surface area contributed by atoms with E-state index in [-0.39, 0.29) is 0 Å². The van der Waals surface area contributed by atoms with Crippen LogP contribution in [-0.4, -0.2) is 16.7 Å². The Morgan fingerprint density at radius 3 is 2.57 bits per heavy atom. The van der Waals surface area contributed by atoms with Crippen molar-refractivity contribution < 1.29 is 13.2 Å². The van der Waals surface area contributed by atoms with E-state index in [1.165, 1.54) is 0 Å². The number of nitrogens with zero attached hydrogens (tertiary/aromatic N) is 2. The first-order valence-electron chi connectivity index (χ1n) is 4.14. The van der Waals surface area contributed by atoms with E-state index in [0.717, 1.165) is 13.0 Å². The molecule has 0 aromatic carbocycles. The lowest BCUT2D eigenvalue weighted by molar-refractivity contribution is -0.138. The van der Waals surface area contributed by atoms with Crippen molar-refractivity contribution in [2.45, 2.75) is 26.1 Å². The van der Waals surface area contributed by atoms with Crippen molar-refractivity contribution in [1.29, 1.82) is 0 Å². The number of nitrogens with one attached hydrogen (secondary N) is 1. The van der Waals surface area contributed by atoms with Gasteiger partial charge >= 0.3 is 6.18 Å². The molecule has 80 valence electrons. The first-order chi connectivity index (χ1) is 6.54. The van der Waals surface area contributed by atoms with Crippen molar-refractivity contribution in [3.63, 3.8) is 0 Å². The summed E-state index contributed by atoms with van der Waals surface area (Å²) in [6, 6.07) is 0. The predicted molar refractivity (Wildman–Crippen MR) is 46.9 cm³/mol. The number of rotatable bonds is 4. The monoisotopic (exact) mass is 225 g/mol. The molecular formula is C7H10F3N3S. The Balaban J connectivity index is 2.51. The zero-order chi connectivity index (χ0) is 10.6. The van der Waals surface area contributed by atoms with E-state index in [2.05, 4.69) is 15.5 Å². The maximum absolute atomic E-state index is 12.1.